The van der Waals surface area contributed by atoms with Gasteiger partial charge >= 0.3 is 0 Å². The zero-order valence-corrected chi connectivity index (χ0v) is 9.01. The monoisotopic (exact) mass is 219 g/mol. The van der Waals surface area contributed by atoms with Crippen LogP contribution in [-0.2, 0) is 13.1 Å². The standard InChI is InChI=1S/C11H13N3O2/c1-2-14-8-9(6-13-14)11(15)12-7-10-4-3-5-16-10/h3-6,8H,2,7H2,1H3,(H,12,15). The average molecular weight is 219 g/mol. The van der Waals surface area contributed by atoms with Crippen molar-refractivity contribution in [3.05, 3.63) is 42.1 Å². The number of furan rings is 1. The molecule has 0 aliphatic carbocycles. The summed E-state index contributed by atoms with van der Waals surface area (Å²) in [5.74, 6) is 0.590. The Bertz CT molecular complexity index is 459. The third kappa shape index (κ3) is 2.31. The van der Waals surface area contributed by atoms with E-state index >= 15 is 0 Å². The second-order valence-corrected chi connectivity index (χ2v) is 3.35. The number of hydrogen-bond donors (Lipinski definition) is 1. The molecule has 2 aromatic heterocycles. The van der Waals surface area contributed by atoms with Crippen molar-refractivity contribution in [2.24, 2.45) is 0 Å². The predicted molar refractivity (Wildman–Crippen MR) is 57.8 cm³/mol. The van der Waals surface area contributed by atoms with Crippen LogP contribution in [0.2, 0.25) is 0 Å². The van der Waals surface area contributed by atoms with E-state index in [-0.39, 0.29) is 5.91 Å². The molecule has 2 rings (SSSR count). The molecule has 0 spiro atoms. The van der Waals surface area contributed by atoms with E-state index in [0.717, 1.165) is 12.3 Å². The van der Waals surface area contributed by atoms with Gasteiger partial charge in [0.05, 0.1) is 24.6 Å². The number of carbonyl (C=O) groups is 1. The van der Waals surface area contributed by atoms with Crippen molar-refractivity contribution in [1.29, 1.82) is 0 Å². The Balaban J connectivity index is 1.93. The number of carbonyl (C=O) groups excluding carboxylic acids is 1. The lowest BCUT2D eigenvalue weighted by Gasteiger charge is -1.99. The fourth-order valence-corrected chi connectivity index (χ4v) is 1.34. The Labute approximate surface area is 93.1 Å². The molecule has 1 amide bonds. The summed E-state index contributed by atoms with van der Waals surface area (Å²) >= 11 is 0. The number of nitrogens with zero attached hydrogens (tertiary/aromatic N) is 2. The van der Waals surface area contributed by atoms with Gasteiger partial charge in [0.1, 0.15) is 5.76 Å². The van der Waals surface area contributed by atoms with Crippen molar-refractivity contribution >= 4 is 5.91 Å². The zero-order valence-electron chi connectivity index (χ0n) is 9.01. The van der Waals surface area contributed by atoms with Crippen molar-refractivity contribution in [1.82, 2.24) is 15.1 Å². The number of aromatic nitrogens is 2. The lowest BCUT2D eigenvalue weighted by Crippen LogP contribution is -2.22. The first-order chi connectivity index (χ1) is 7.79. The topological polar surface area (TPSA) is 60.1 Å². The third-order valence-electron chi connectivity index (χ3n) is 2.22. The average Bonchev–Trinajstić information content (AvgIpc) is 2.96. The van der Waals surface area contributed by atoms with E-state index in [9.17, 15) is 4.79 Å². The van der Waals surface area contributed by atoms with Crippen molar-refractivity contribution in [2.75, 3.05) is 0 Å². The van der Waals surface area contributed by atoms with Gasteiger partial charge in [-0.25, -0.2) is 0 Å². The molecule has 0 unspecified atom stereocenters. The molecule has 0 bridgehead atoms. The minimum atomic E-state index is -0.142. The largest absolute Gasteiger partial charge is 0.467 e. The van der Waals surface area contributed by atoms with Gasteiger partial charge in [-0.1, -0.05) is 0 Å². The summed E-state index contributed by atoms with van der Waals surface area (Å²) in [5, 5.41) is 6.79. The fraction of sp³-hybridized carbons (Fsp3) is 0.273. The van der Waals surface area contributed by atoms with Gasteiger partial charge in [0, 0.05) is 12.7 Å². The zero-order chi connectivity index (χ0) is 11.4. The van der Waals surface area contributed by atoms with E-state index in [2.05, 4.69) is 10.4 Å². The first-order valence-electron chi connectivity index (χ1n) is 5.12. The summed E-state index contributed by atoms with van der Waals surface area (Å²) in [6.45, 7) is 3.12. The van der Waals surface area contributed by atoms with Gasteiger partial charge in [-0.15, -0.1) is 0 Å². The highest BCUT2D eigenvalue weighted by atomic mass is 16.3. The van der Waals surface area contributed by atoms with Crippen LogP contribution in [0.4, 0.5) is 0 Å². The van der Waals surface area contributed by atoms with Gasteiger partial charge in [0.2, 0.25) is 0 Å². The molecule has 0 saturated heterocycles. The van der Waals surface area contributed by atoms with Crippen LogP contribution in [0.5, 0.6) is 0 Å². The van der Waals surface area contributed by atoms with Crippen LogP contribution < -0.4 is 5.32 Å². The molecule has 5 nitrogen and oxygen atoms in total. The van der Waals surface area contributed by atoms with Gasteiger partial charge in [-0.05, 0) is 19.1 Å². The number of aryl methyl sites for hydroxylation is 1. The van der Waals surface area contributed by atoms with Crippen molar-refractivity contribution in [3.8, 4) is 0 Å². The van der Waals surface area contributed by atoms with Crippen LogP contribution in [0, 0.1) is 0 Å². The summed E-state index contributed by atoms with van der Waals surface area (Å²) in [5.41, 5.74) is 0.563. The third-order valence-corrected chi connectivity index (χ3v) is 2.22. The van der Waals surface area contributed by atoms with Crippen LogP contribution in [-0.4, -0.2) is 15.7 Å². The van der Waals surface area contributed by atoms with Gasteiger partial charge in [-0.2, -0.15) is 5.10 Å². The molecule has 0 atom stereocenters. The Morgan fingerprint density at radius 2 is 2.50 bits per heavy atom. The van der Waals surface area contributed by atoms with E-state index < -0.39 is 0 Å². The lowest BCUT2D eigenvalue weighted by atomic mass is 10.3. The maximum atomic E-state index is 11.7. The SMILES string of the molecule is CCn1cc(C(=O)NCc2ccco2)cn1. The smallest absolute Gasteiger partial charge is 0.254 e. The van der Waals surface area contributed by atoms with Gasteiger partial charge in [-0.3, -0.25) is 9.48 Å². The first-order valence-corrected chi connectivity index (χ1v) is 5.12. The summed E-state index contributed by atoms with van der Waals surface area (Å²) < 4.78 is 6.82. The number of rotatable bonds is 4. The van der Waals surface area contributed by atoms with Crippen molar-refractivity contribution < 1.29 is 9.21 Å². The van der Waals surface area contributed by atoms with Crippen LogP contribution >= 0.6 is 0 Å². The quantitative estimate of drug-likeness (QED) is 0.846. The summed E-state index contributed by atoms with van der Waals surface area (Å²) in [6.07, 6.45) is 4.86. The minimum absolute atomic E-state index is 0.142. The molecule has 84 valence electrons. The first kappa shape index (κ1) is 10.5. The van der Waals surface area contributed by atoms with E-state index in [0.29, 0.717) is 12.1 Å². The Kier molecular flexibility index (Phi) is 3.05. The molecule has 0 aliphatic heterocycles. The highest BCUT2D eigenvalue weighted by Crippen LogP contribution is 2.01. The van der Waals surface area contributed by atoms with E-state index in [1.54, 1.807) is 29.4 Å². The molecule has 0 aromatic carbocycles. The molecule has 2 aromatic rings. The molecule has 0 aliphatic rings. The molecule has 5 heteroatoms. The summed E-state index contributed by atoms with van der Waals surface area (Å²) in [7, 11) is 0. The Hall–Kier alpha value is -2.04. The van der Waals surface area contributed by atoms with Crippen molar-refractivity contribution in [2.45, 2.75) is 20.0 Å². The number of amides is 1. The molecule has 16 heavy (non-hydrogen) atoms. The molecule has 0 fully saturated rings. The second kappa shape index (κ2) is 4.65. The van der Waals surface area contributed by atoms with Gasteiger partial charge in [0.15, 0.2) is 0 Å². The predicted octanol–water partition coefficient (Wildman–Crippen LogP) is 1.43. The van der Waals surface area contributed by atoms with Crippen molar-refractivity contribution in [3.63, 3.8) is 0 Å². The molecule has 1 N–H and O–H groups in total. The molecular formula is C11H13N3O2. The Morgan fingerprint density at radius 3 is 3.12 bits per heavy atom. The van der Waals surface area contributed by atoms with Crippen LogP contribution in [0.25, 0.3) is 0 Å². The van der Waals surface area contributed by atoms with E-state index in [1.807, 2.05) is 13.0 Å². The number of nitrogens with one attached hydrogen (secondary N) is 1. The van der Waals surface area contributed by atoms with E-state index in [1.165, 1.54) is 0 Å². The Morgan fingerprint density at radius 1 is 1.62 bits per heavy atom. The van der Waals surface area contributed by atoms with Crippen LogP contribution in [0.1, 0.15) is 23.0 Å². The molecular weight excluding hydrogens is 206 g/mol. The number of hydrogen-bond acceptors (Lipinski definition) is 3. The second-order valence-electron chi connectivity index (χ2n) is 3.35. The molecule has 2 heterocycles. The summed E-state index contributed by atoms with van der Waals surface area (Å²) in [6, 6.07) is 3.60. The van der Waals surface area contributed by atoms with Crippen LogP contribution in [0.15, 0.2) is 35.2 Å². The maximum absolute atomic E-state index is 11.7. The molecule has 0 saturated carbocycles. The fourth-order valence-electron chi connectivity index (χ4n) is 1.34. The lowest BCUT2D eigenvalue weighted by molar-refractivity contribution is 0.0948. The highest BCUT2D eigenvalue weighted by Gasteiger charge is 2.08. The van der Waals surface area contributed by atoms with Gasteiger partial charge < -0.3 is 9.73 Å². The summed E-state index contributed by atoms with van der Waals surface area (Å²) in [4.78, 5) is 11.7. The van der Waals surface area contributed by atoms with Crippen LogP contribution in [0.3, 0.4) is 0 Å². The highest BCUT2D eigenvalue weighted by molar-refractivity contribution is 5.93. The van der Waals surface area contributed by atoms with E-state index in [4.69, 9.17) is 4.42 Å². The maximum Gasteiger partial charge on any atom is 0.254 e. The van der Waals surface area contributed by atoms with Gasteiger partial charge in [0.25, 0.3) is 5.91 Å². The molecule has 0 radical (unpaired) electrons. The normalized spacial score (nSPS) is 10.3. The minimum Gasteiger partial charge on any atom is -0.467 e.